The molecule has 0 aromatic heterocycles. The van der Waals surface area contributed by atoms with Gasteiger partial charge in [0.1, 0.15) is 13.2 Å². The van der Waals surface area contributed by atoms with Gasteiger partial charge in [-0.25, -0.2) is 0 Å². The summed E-state index contributed by atoms with van der Waals surface area (Å²) in [6.07, 6.45) is 58.7. The van der Waals surface area contributed by atoms with Crippen LogP contribution in [0.2, 0.25) is 0 Å². The molecule has 0 radical (unpaired) electrons. The van der Waals surface area contributed by atoms with Crippen molar-refractivity contribution in [3.8, 4) is 0 Å². The highest BCUT2D eigenvalue weighted by molar-refractivity contribution is 5.71. The Hall–Kier alpha value is -2.37. The first-order chi connectivity index (χ1) is 30.0. The van der Waals surface area contributed by atoms with Crippen LogP contribution in [-0.2, 0) is 28.6 Å². The lowest BCUT2D eigenvalue weighted by Gasteiger charge is -2.18. The highest BCUT2D eigenvalue weighted by Crippen LogP contribution is 2.15. The molecule has 61 heavy (non-hydrogen) atoms. The number of rotatable bonds is 48. The lowest BCUT2D eigenvalue weighted by atomic mass is 10.0. The molecule has 0 amide bonds. The fourth-order valence-electron chi connectivity index (χ4n) is 7.63. The smallest absolute Gasteiger partial charge is 0.306 e. The number of hydrogen-bond donors (Lipinski definition) is 0. The topological polar surface area (TPSA) is 78.9 Å². The fraction of sp³-hybridized carbons (Fsp3) is 0.836. The van der Waals surface area contributed by atoms with Gasteiger partial charge in [-0.3, -0.25) is 14.4 Å². The molecular formula is C55H100O6. The predicted molar refractivity (Wildman–Crippen MR) is 261 cm³/mol. The molecule has 0 aromatic carbocycles. The molecule has 0 saturated heterocycles. The van der Waals surface area contributed by atoms with E-state index in [-0.39, 0.29) is 31.1 Å². The third-order valence-electron chi connectivity index (χ3n) is 11.6. The zero-order valence-electron chi connectivity index (χ0n) is 40.7. The van der Waals surface area contributed by atoms with Gasteiger partial charge in [-0.05, 0) is 57.8 Å². The summed E-state index contributed by atoms with van der Waals surface area (Å²) in [4.78, 5) is 37.7. The minimum absolute atomic E-state index is 0.0701. The maximum Gasteiger partial charge on any atom is 0.306 e. The number of esters is 3. The number of hydrogen-bond acceptors (Lipinski definition) is 6. The largest absolute Gasteiger partial charge is 0.462 e. The van der Waals surface area contributed by atoms with Gasteiger partial charge in [-0.15, -0.1) is 0 Å². The molecule has 0 heterocycles. The maximum atomic E-state index is 12.7. The second-order valence-corrected chi connectivity index (χ2v) is 17.8. The Kier molecular flexibility index (Phi) is 48.3. The van der Waals surface area contributed by atoms with Crippen LogP contribution in [0.4, 0.5) is 0 Å². The van der Waals surface area contributed by atoms with E-state index in [9.17, 15) is 14.4 Å². The van der Waals surface area contributed by atoms with Gasteiger partial charge < -0.3 is 14.2 Å². The van der Waals surface area contributed by atoms with Crippen LogP contribution in [0.1, 0.15) is 278 Å². The Morgan fingerprint density at radius 3 is 0.918 bits per heavy atom. The van der Waals surface area contributed by atoms with Crippen LogP contribution in [0.3, 0.4) is 0 Å². The van der Waals surface area contributed by atoms with Gasteiger partial charge in [0.15, 0.2) is 6.10 Å². The van der Waals surface area contributed by atoms with E-state index in [2.05, 4.69) is 57.2 Å². The van der Waals surface area contributed by atoms with Crippen molar-refractivity contribution in [3.05, 3.63) is 36.5 Å². The van der Waals surface area contributed by atoms with E-state index in [1.54, 1.807) is 0 Å². The third-order valence-corrected chi connectivity index (χ3v) is 11.6. The van der Waals surface area contributed by atoms with E-state index in [4.69, 9.17) is 14.2 Å². The first-order valence-corrected chi connectivity index (χ1v) is 26.5. The van der Waals surface area contributed by atoms with Crippen LogP contribution < -0.4 is 0 Å². The Labute approximate surface area is 378 Å². The summed E-state index contributed by atoms with van der Waals surface area (Å²) in [5, 5.41) is 0. The monoisotopic (exact) mass is 857 g/mol. The Morgan fingerprint density at radius 1 is 0.328 bits per heavy atom. The third kappa shape index (κ3) is 48.5. The van der Waals surface area contributed by atoms with Crippen molar-refractivity contribution in [2.75, 3.05) is 13.2 Å². The van der Waals surface area contributed by atoms with Crippen molar-refractivity contribution in [2.24, 2.45) is 0 Å². The number of allylic oxidation sites excluding steroid dienone is 6. The van der Waals surface area contributed by atoms with Crippen molar-refractivity contribution in [3.63, 3.8) is 0 Å². The van der Waals surface area contributed by atoms with Gasteiger partial charge in [0.25, 0.3) is 0 Å². The van der Waals surface area contributed by atoms with Gasteiger partial charge in [0.2, 0.25) is 0 Å². The van der Waals surface area contributed by atoms with Gasteiger partial charge in [-0.2, -0.15) is 0 Å². The molecule has 1 unspecified atom stereocenters. The number of ether oxygens (including phenoxy) is 3. The average molecular weight is 857 g/mol. The van der Waals surface area contributed by atoms with Crippen LogP contribution in [0.25, 0.3) is 0 Å². The lowest BCUT2D eigenvalue weighted by molar-refractivity contribution is -0.167. The Bertz CT molecular complexity index is 1030. The molecule has 0 rings (SSSR count). The predicted octanol–water partition coefficient (Wildman–Crippen LogP) is 17.3. The molecular weight excluding hydrogens is 757 g/mol. The van der Waals surface area contributed by atoms with E-state index < -0.39 is 6.10 Å². The van der Waals surface area contributed by atoms with Crippen LogP contribution in [0, 0.1) is 0 Å². The standard InChI is InChI=1S/C55H100O6/c1-4-7-10-13-16-18-20-21-22-23-24-25-26-27-28-29-30-31-32-33-35-36-39-42-45-48-54(57)60-51-52(50-59-53(56)47-44-41-38-15-12-9-6-3)61-55(58)49-46-43-40-37-34-19-17-14-11-8-5-2/h20-21,23-24,26-27,52H,4-19,22,25,28-51H2,1-3H3/b21-20-,24-23-,27-26-. The normalized spacial score (nSPS) is 12.2. The van der Waals surface area contributed by atoms with E-state index in [1.165, 1.54) is 167 Å². The van der Waals surface area contributed by atoms with Gasteiger partial charge in [0.05, 0.1) is 0 Å². The SMILES string of the molecule is CCCCCCC/C=C\C/C=C\C/C=C\CCCCCCCCCCCCC(=O)OCC(COC(=O)CCCCCCCCC)OC(=O)CCCCCCCCCCCCC. The molecule has 356 valence electrons. The molecule has 0 bridgehead atoms. The molecule has 0 aliphatic rings. The van der Waals surface area contributed by atoms with Crippen molar-refractivity contribution < 1.29 is 28.6 Å². The maximum absolute atomic E-state index is 12.7. The molecule has 0 saturated carbocycles. The van der Waals surface area contributed by atoms with Crippen LogP contribution >= 0.6 is 0 Å². The van der Waals surface area contributed by atoms with Crippen molar-refractivity contribution in [1.29, 1.82) is 0 Å². The highest BCUT2D eigenvalue weighted by atomic mass is 16.6. The Morgan fingerprint density at radius 2 is 0.590 bits per heavy atom. The van der Waals surface area contributed by atoms with E-state index in [0.717, 1.165) is 70.6 Å². The summed E-state index contributed by atoms with van der Waals surface area (Å²) in [6.45, 7) is 6.59. The molecule has 0 spiro atoms. The lowest BCUT2D eigenvalue weighted by Crippen LogP contribution is -2.30. The zero-order valence-corrected chi connectivity index (χ0v) is 40.7. The second kappa shape index (κ2) is 50.3. The summed E-state index contributed by atoms with van der Waals surface area (Å²) in [5.74, 6) is -0.872. The Balaban J connectivity index is 4.11. The number of carbonyl (C=O) groups excluding carboxylic acids is 3. The first-order valence-electron chi connectivity index (χ1n) is 26.5. The van der Waals surface area contributed by atoms with Crippen molar-refractivity contribution in [2.45, 2.75) is 284 Å². The molecule has 0 fully saturated rings. The molecule has 1 atom stereocenters. The summed E-state index contributed by atoms with van der Waals surface area (Å²) in [7, 11) is 0. The second-order valence-electron chi connectivity index (χ2n) is 17.8. The van der Waals surface area contributed by atoms with E-state index in [0.29, 0.717) is 19.3 Å². The number of carbonyl (C=O) groups is 3. The van der Waals surface area contributed by atoms with Gasteiger partial charge in [-0.1, -0.05) is 237 Å². The van der Waals surface area contributed by atoms with Crippen LogP contribution in [0.15, 0.2) is 36.5 Å². The molecule has 0 N–H and O–H groups in total. The first kappa shape index (κ1) is 58.6. The van der Waals surface area contributed by atoms with E-state index in [1.807, 2.05) is 0 Å². The molecule has 0 aromatic rings. The van der Waals surface area contributed by atoms with Gasteiger partial charge >= 0.3 is 17.9 Å². The fourth-order valence-corrected chi connectivity index (χ4v) is 7.63. The zero-order chi connectivity index (χ0) is 44.4. The minimum atomic E-state index is -0.766. The van der Waals surface area contributed by atoms with Crippen LogP contribution in [0.5, 0.6) is 0 Å². The highest BCUT2D eigenvalue weighted by Gasteiger charge is 2.19. The average Bonchev–Trinajstić information content (AvgIpc) is 3.26. The molecule has 0 aliphatic carbocycles. The van der Waals surface area contributed by atoms with Crippen molar-refractivity contribution >= 4 is 17.9 Å². The summed E-state index contributed by atoms with van der Waals surface area (Å²) in [6, 6.07) is 0. The summed E-state index contributed by atoms with van der Waals surface area (Å²) in [5.41, 5.74) is 0. The number of unbranched alkanes of at least 4 members (excludes halogenated alkanes) is 31. The summed E-state index contributed by atoms with van der Waals surface area (Å²) < 4.78 is 16.7. The van der Waals surface area contributed by atoms with Crippen LogP contribution in [-0.4, -0.2) is 37.2 Å². The van der Waals surface area contributed by atoms with Crippen molar-refractivity contribution in [1.82, 2.24) is 0 Å². The minimum Gasteiger partial charge on any atom is -0.462 e. The van der Waals surface area contributed by atoms with E-state index >= 15 is 0 Å². The molecule has 6 nitrogen and oxygen atoms in total. The molecule has 6 heteroatoms. The van der Waals surface area contributed by atoms with Gasteiger partial charge in [0, 0.05) is 19.3 Å². The quantitative estimate of drug-likeness (QED) is 0.0262. The molecule has 0 aliphatic heterocycles. The summed E-state index contributed by atoms with van der Waals surface area (Å²) >= 11 is 0.